The van der Waals surface area contributed by atoms with Crippen LogP contribution >= 0.6 is 0 Å². The molecule has 0 aliphatic heterocycles. The van der Waals surface area contributed by atoms with E-state index in [4.69, 9.17) is 4.74 Å². The molecule has 0 aliphatic carbocycles. The van der Waals surface area contributed by atoms with Crippen molar-refractivity contribution in [3.05, 3.63) is 24.0 Å². The second-order valence-corrected chi connectivity index (χ2v) is 2.92. The lowest BCUT2D eigenvalue weighted by atomic mass is 10.4. The summed E-state index contributed by atoms with van der Waals surface area (Å²) in [6, 6.07) is 3.58. The smallest absolute Gasteiger partial charge is 0.354 e. The van der Waals surface area contributed by atoms with Crippen LogP contribution in [0.4, 0.5) is 0 Å². The van der Waals surface area contributed by atoms with Gasteiger partial charge in [-0.05, 0) is 18.6 Å². The summed E-state index contributed by atoms with van der Waals surface area (Å²) in [7, 11) is 3.05. The molecule has 4 nitrogen and oxygen atoms in total. The van der Waals surface area contributed by atoms with Crippen LogP contribution in [0.3, 0.4) is 0 Å². The maximum Gasteiger partial charge on any atom is 0.354 e. The summed E-state index contributed by atoms with van der Waals surface area (Å²) in [4.78, 5) is 11.3. The van der Waals surface area contributed by atoms with E-state index in [0.29, 0.717) is 12.3 Å². The third-order valence-corrected chi connectivity index (χ3v) is 1.97. The van der Waals surface area contributed by atoms with Gasteiger partial charge in [0.2, 0.25) is 0 Å². The van der Waals surface area contributed by atoms with Crippen LogP contribution in [-0.4, -0.2) is 31.4 Å². The molecule has 0 amide bonds. The average Bonchev–Trinajstić information content (AvgIpc) is 2.65. The van der Waals surface area contributed by atoms with Crippen molar-refractivity contribution >= 4 is 5.97 Å². The Balaban J connectivity index is 2.58. The fraction of sp³-hybridized carbons (Fsp3) is 0.500. The molecule has 0 radical (unpaired) electrons. The van der Waals surface area contributed by atoms with E-state index in [2.05, 4.69) is 4.74 Å². The summed E-state index contributed by atoms with van der Waals surface area (Å²) in [6.07, 6.45) is 2.75. The number of esters is 1. The van der Waals surface area contributed by atoms with Gasteiger partial charge >= 0.3 is 5.97 Å². The van der Waals surface area contributed by atoms with Gasteiger partial charge in [-0.15, -0.1) is 0 Å². The van der Waals surface area contributed by atoms with Gasteiger partial charge in [-0.3, -0.25) is 0 Å². The fourth-order valence-electron chi connectivity index (χ4n) is 1.28. The number of carbonyl (C=O) groups excluding carboxylic acids is 1. The SMILES string of the molecule is COCCCn1cccc1C(=O)OC. The van der Waals surface area contributed by atoms with Crippen molar-refractivity contribution in [2.75, 3.05) is 20.8 Å². The predicted molar refractivity (Wildman–Crippen MR) is 52.3 cm³/mol. The summed E-state index contributed by atoms with van der Waals surface area (Å²) in [5.41, 5.74) is 0.587. The molecule has 78 valence electrons. The first kappa shape index (κ1) is 10.8. The van der Waals surface area contributed by atoms with Crippen LogP contribution in [0.1, 0.15) is 16.9 Å². The van der Waals surface area contributed by atoms with Crippen molar-refractivity contribution in [2.24, 2.45) is 0 Å². The summed E-state index contributed by atoms with van der Waals surface area (Å²) in [5.74, 6) is -0.299. The lowest BCUT2D eigenvalue weighted by Crippen LogP contribution is -2.10. The topological polar surface area (TPSA) is 40.5 Å². The molecule has 0 saturated heterocycles. The molecule has 0 saturated carbocycles. The summed E-state index contributed by atoms with van der Waals surface area (Å²) in [6.45, 7) is 1.46. The van der Waals surface area contributed by atoms with Crippen molar-refractivity contribution in [3.8, 4) is 0 Å². The number of nitrogens with zero attached hydrogens (tertiary/aromatic N) is 1. The molecule has 0 atom stereocenters. The van der Waals surface area contributed by atoms with Gasteiger partial charge in [-0.2, -0.15) is 0 Å². The molecular weight excluding hydrogens is 182 g/mol. The minimum absolute atomic E-state index is 0.299. The number of ether oxygens (including phenoxy) is 2. The zero-order valence-electron chi connectivity index (χ0n) is 8.53. The molecule has 0 fully saturated rings. The van der Waals surface area contributed by atoms with Crippen molar-refractivity contribution in [1.29, 1.82) is 0 Å². The molecular formula is C10H15NO3. The Labute approximate surface area is 83.4 Å². The summed E-state index contributed by atoms with van der Waals surface area (Å²) >= 11 is 0. The van der Waals surface area contributed by atoms with E-state index in [9.17, 15) is 4.79 Å². The lowest BCUT2D eigenvalue weighted by Gasteiger charge is -2.06. The number of carbonyl (C=O) groups is 1. The molecule has 0 aliphatic rings. The highest BCUT2D eigenvalue weighted by Crippen LogP contribution is 2.05. The summed E-state index contributed by atoms with van der Waals surface area (Å²) in [5, 5.41) is 0. The Bertz CT molecular complexity index is 293. The Hall–Kier alpha value is -1.29. The highest BCUT2D eigenvalue weighted by Gasteiger charge is 2.09. The third kappa shape index (κ3) is 2.60. The molecule has 0 aromatic carbocycles. The second-order valence-electron chi connectivity index (χ2n) is 2.92. The van der Waals surface area contributed by atoms with Crippen LogP contribution < -0.4 is 0 Å². The highest BCUT2D eigenvalue weighted by molar-refractivity contribution is 5.87. The average molecular weight is 197 g/mol. The van der Waals surface area contributed by atoms with Crippen LogP contribution in [-0.2, 0) is 16.0 Å². The number of aromatic nitrogens is 1. The van der Waals surface area contributed by atoms with Crippen molar-refractivity contribution in [1.82, 2.24) is 4.57 Å². The van der Waals surface area contributed by atoms with Gasteiger partial charge < -0.3 is 14.0 Å². The van der Waals surface area contributed by atoms with Gasteiger partial charge in [0.05, 0.1) is 7.11 Å². The monoisotopic (exact) mass is 197 g/mol. The van der Waals surface area contributed by atoms with E-state index >= 15 is 0 Å². The van der Waals surface area contributed by atoms with E-state index < -0.39 is 0 Å². The molecule has 1 aromatic heterocycles. The van der Waals surface area contributed by atoms with E-state index in [1.165, 1.54) is 7.11 Å². The number of rotatable bonds is 5. The Morgan fingerprint density at radius 3 is 2.93 bits per heavy atom. The standard InChI is InChI=1S/C10H15NO3/c1-13-8-4-7-11-6-3-5-9(11)10(12)14-2/h3,5-6H,4,7-8H2,1-2H3. The van der Waals surface area contributed by atoms with Gasteiger partial charge in [-0.25, -0.2) is 4.79 Å². The molecule has 0 bridgehead atoms. The number of methoxy groups -OCH3 is 2. The minimum Gasteiger partial charge on any atom is -0.464 e. The maximum absolute atomic E-state index is 11.3. The van der Waals surface area contributed by atoms with Gasteiger partial charge in [0.25, 0.3) is 0 Å². The predicted octanol–water partition coefficient (Wildman–Crippen LogP) is 1.31. The molecule has 0 spiro atoms. The Morgan fingerprint density at radius 2 is 2.29 bits per heavy atom. The molecule has 4 heteroatoms. The van der Waals surface area contributed by atoms with Crippen LogP contribution in [0.25, 0.3) is 0 Å². The first-order chi connectivity index (χ1) is 6.79. The van der Waals surface area contributed by atoms with E-state index in [1.54, 1.807) is 13.2 Å². The normalized spacial score (nSPS) is 10.1. The zero-order chi connectivity index (χ0) is 10.4. The van der Waals surface area contributed by atoms with Crippen molar-refractivity contribution in [2.45, 2.75) is 13.0 Å². The maximum atomic E-state index is 11.3. The van der Waals surface area contributed by atoms with Crippen molar-refractivity contribution < 1.29 is 14.3 Å². The number of hydrogen-bond acceptors (Lipinski definition) is 3. The van der Waals surface area contributed by atoms with E-state index in [0.717, 1.165) is 13.0 Å². The Kier molecular flexibility index (Phi) is 4.19. The molecule has 1 heterocycles. The van der Waals surface area contributed by atoms with E-state index in [-0.39, 0.29) is 5.97 Å². The first-order valence-electron chi connectivity index (χ1n) is 4.52. The van der Waals surface area contributed by atoms with Crippen LogP contribution in [0.2, 0.25) is 0 Å². The van der Waals surface area contributed by atoms with Crippen LogP contribution in [0, 0.1) is 0 Å². The summed E-state index contributed by atoms with van der Waals surface area (Å²) < 4.78 is 11.5. The quantitative estimate of drug-likeness (QED) is 0.528. The molecule has 1 aromatic rings. The van der Waals surface area contributed by atoms with Gasteiger partial charge in [0, 0.05) is 26.5 Å². The minimum atomic E-state index is -0.299. The van der Waals surface area contributed by atoms with Crippen molar-refractivity contribution in [3.63, 3.8) is 0 Å². The molecule has 0 unspecified atom stereocenters. The number of aryl methyl sites for hydroxylation is 1. The highest BCUT2D eigenvalue weighted by atomic mass is 16.5. The molecule has 0 N–H and O–H groups in total. The second kappa shape index (κ2) is 5.44. The van der Waals surface area contributed by atoms with E-state index in [1.807, 2.05) is 16.8 Å². The van der Waals surface area contributed by atoms with Gasteiger partial charge in [-0.1, -0.05) is 0 Å². The fourth-order valence-corrected chi connectivity index (χ4v) is 1.28. The third-order valence-electron chi connectivity index (χ3n) is 1.97. The first-order valence-corrected chi connectivity index (χ1v) is 4.52. The van der Waals surface area contributed by atoms with Gasteiger partial charge in [0.15, 0.2) is 0 Å². The lowest BCUT2D eigenvalue weighted by molar-refractivity contribution is 0.0587. The molecule has 14 heavy (non-hydrogen) atoms. The largest absolute Gasteiger partial charge is 0.464 e. The number of hydrogen-bond donors (Lipinski definition) is 0. The zero-order valence-corrected chi connectivity index (χ0v) is 8.53. The van der Waals surface area contributed by atoms with Gasteiger partial charge in [0.1, 0.15) is 5.69 Å². The van der Waals surface area contributed by atoms with Crippen LogP contribution in [0.15, 0.2) is 18.3 Å². The molecule has 1 rings (SSSR count). The van der Waals surface area contributed by atoms with Crippen LogP contribution in [0.5, 0.6) is 0 Å². The Morgan fingerprint density at radius 1 is 1.50 bits per heavy atom.